The number of benzene rings is 2. The Hall–Kier alpha value is -2.04. The van der Waals surface area contributed by atoms with Gasteiger partial charge >= 0.3 is 0 Å². The number of aliphatic hydroxyl groups excluding tert-OH is 1. The summed E-state index contributed by atoms with van der Waals surface area (Å²) in [6.07, 6.45) is 0.644. The predicted octanol–water partition coefficient (Wildman–Crippen LogP) is 2.49. The molecule has 0 spiro atoms. The van der Waals surface area contributed by atoms with E-state index in [4.69, 9.17) is 16.3 Å². The Kier molecular flexibility index (Phi) is 8.01. The molecule has 1 heterocycles. The van der Waals surface area contributed by atoms with Crippen molar-refractivity contribution in [1.82, 2.24) is 10.0 Å². The Labute approximate surface area is 185 Å². The molecule has 1 aliphatic heterocycles. The van der Waals surface area contributed by atoms with E-state index in [1.165, 1.54) is 36.4 Å². The van der Waals surface area contributed by atoms with E-state index in [-0.39, 0.29) is 35.1 Å². The summed E-state index contributed by atoms with van der Waals surface area (Å²) >= 11 is 5.96. The van der Waals surface area contributed by atoms with E-state index < -0.39 is 28.0 Å². The summed E-state index contributed by atoms with van der Waals surface area (Å²) in [5.74, 6) is -0.809. The fourth-order valence-electron chi connectivity index (χ4n) is 3.46. The third-order valence-electron chi connectivity index (χ3n) is 5.10. The number of sulfonamides is 1. The maximum atomic E-state index is 13.0. The second-order valence-electron chi connectivity index (χ2n) is 7.26. The zero-order valence-electron chi connectivity index (χ0n) is 16.6. The zero-order valence-corrected chi connectivity index (χ0v) is 18.2. The Morgan fingerprint density at radius 1 is 1.16 bits per heavy atom. The number of rotatable bonds is 8. The number of ether oxygens (including phenoxy) is 1. The lowest BCUT2D eigenvalue weighted by Crippen LogP contribution is -2.51. The first kappa shape index (κ1) is 23.6. The molecule has 7 nitrogen and oxygen atoms in total. The molecule has 3 N–H and O–H groups in total. The van der Waals surface area contributed by atoms with Gasteiger partial charge in [0.25, 0.3) is 5.91 Å². The van der Waals surface area contributed by atoms with Crippen LogP contribution in [-0.4, -0.2) is 50.8 Å². The lowest BCUT2D eigenvalue weighted by Gasteiger charge is -2.36. The molecule has 1 aliphatic rings. The molecule has 0 aliphatic carbocycles. The number of amides is 1. The zero-order chi connectivity index (χ0) is 22.4. The minimum atomic E-state index is -3.74. The monoisotopic (exact) mass is 470 g/mol. The van der Waals surface area contributed by atoms with Crippen molar-refractivity contribution in [3.05, 3.63) is 64.9 Å². The smallest absolute Gasteiger partial charge is 0.251 e. The number of carbonyl (C=O) groups excluding carboxylic acids is 1. The first-order valence-electron chi connectivity index (χ1n) is 9.87. The van der Waals surface area contributed by atoms with Crippen molar-refractivity contribution in [3.63, 3.8) is 0 Å². The van der Waals surface area contributed by atoms with Crippen molar-refractivity contribution >= 4 is 27.5 Å². The van der Waals surface area contributed by atoms with Gasteiger partial charge in [-0.3, -0.25) is 4.79 Å². The summed E-state index contributed by atoms with van der Waals surface area (Å²) in [6, 6.07) is 11.0. The SMILES string of the molecule is O=C(N[C@@H]1CC[C@@H](CCNS(=O)(=O)c2ccccc2Cl)O[C@H]1CO)c1ccc(F)cc1. The van der Waals surface area contributed by atoms with Crippen LogP contribution in [0.2, 0.25) is 5.02 Å². The highest BCUT2D eigenvalue weighted by Gasteiger charge is 2.32. The van der Waals surface area contributed by atoms with E-state index in [2.05, 4.69) is 10.0 Å². The van der Waals surface area contributed by atoms with Crippen LogP contribution in [0.25, 0.3) is 0 Å². The van der Waals surface area contributed by atoms with Crippen LogP contribution in [0.3, 0.4) is 0 Å². The molecule has 1 fully saturated rings. The number of hydrogen-bond acceptors (Lipinski definition) is 5. The van der Waals surface area contributed by atoms with Crippen molar-refractivity contribution in [1.29, 1.82) is 0 Å². The van der Waals surface area contributed by atoms with Crippen molar-refractivity contribution in [2.45, 2.75) is 42.4 Å². The highest BCUT2D eigenvalue weighted by Crippen LogP contribution is 2.23. The number of halogens is 2. The van der Waals surface area contributed by atoms with Crippen LogP contribution < -0.4 is 10.0 Å². The molecule has 1 saturated heterocycles. The van der Waals surface area contributed by atoms with E-state index in [1.54, 1.807) is 12.1 Å². The fourth-order valence-corrected chi connectivity index (χ4v) is 5.02. The topological polar surface area (TPSA) is 105 Å². The van der Waals surface area contributed by atoms with Gasteiger partial charge in [-0.25, -0.2) is 17.5 Å². The van der Waals surface area contributed by atoms with Crippen molar-refractivity contribution in [3.8, 4) is 0 Å². The molecule has 10 heteroatoms. The van der Waals surface area contributed by atoms with Crippen LogP contribution in [0.4, 0.5) is 4.39 Å². The molecule has 168 valence electrons. The molecule has 2 aromatic rings. The molecule has 0 saturated carbocycles. The summed E-state index contributed by atoms with van der Waals surface area (Å²) in [6.45, 7) is -0.154. The highest BCUT2D eigenvalue weighted by atomic mass is 35.5. The summed E-state index contributed by atoms with van der Waals surface area (Å²) in [4.78, 5) is 12.4. The molecule has 3 atom stereocenters. The maximum Gasteiger partial charge on any atom is 0.251 e. The van der Waals surface area contributed by atoms with Gasteiger partial charge in [-0.15, -0.1) is 0 Å². The van der Waals surface area contributed by atoms with E-state index in [0.717, 1.165) is 0 Å². The molecule has 0 bridgehead atoms. The normalized spacial score (nSPS) is 21.6. The second kappa shape index (κ2) is 10.5. The molecule has 2 aromatic carbocycles. The number of hydrogen-bond donors (Lipinski definition) is 3. The molecule has 31 heavy (non-hydrogen) atoms. The summed E-state index contributed by atoms with van der Waals surface area (Å²) in [7, 11) is -3.74. The highest BCUT2D eigenvalue weighted by molar-refractivity contribution is 7.89. The Balaban J connectivity index is 1.51. The Morgan fingerprint density at radius 2 is 1.87 bits per heavy atom. The number of aliphatic hydroxyl groups is 1. The molecule has 1 amide bonds. The van der Waals surface area contributed by atoms with E-state index in [0.29, 0.717) is 24.8 Å². The van der Waals surface area contributed by atoms with Crippen LogP contribution in [0.15, 0.2) is 53.4 Å². The fraction of sp³-hybridized carbons (Fsp3) is 0.381. The molecule has 0 aromatic heterocycles. The molecular formula is C21H24ClFN2O5S. The lowest BCUT2D eigenvalue weighted by atomic mass is 9.97. The van der Waals surface area contributed by atoms with Crippen LogP contribution in [0.1, 0.15) is 29.6 Å². The molecule has 3 rings (SSSR count). The Bertz CT molecular complexity index is 1000. The molecular weight excluding hydrogens is 447 g/mol. The third-order valence-corrected chi connectivity index (χ3v) is 7.06. The second-order valence-corrected chi connectivity index (χ2v) is 9.40. The number of nitrogens with one attached hydrogen (secondary N) is 2. The van der Waals surface area contributed by atoms with Gasteiger partial charge in [0.15, 0.2) is 0 Å². The van der Waals surface area contributed by atoms with E-state index >= 15 is 0 Å². The van der Waals surface area contributed by atoms with Crippen LogP contribution in [0, 0.1) is 5.82 Å². The van der Waals surface area contributed by atoms with E-state index in [9.17, 15) is 22.7 Å². The Morgan fingerprint density at radius 3 is 2.55 bits per heavy atom. The number of carbonyl (C=O) groups is 1. The summed E-state index contributed by atoms with van der Waals surface area (Å²) in [5.41, 5.74) is 0.314. The van der Waals surface area contributed by atoms with Crippen LogP contribution in [0.5, 0.6) is 0 Å². The molecule has 0 radical (unpaired) electrons. The first-order chi connectivity index (χ1) is 14.8. The maximum absolute atomic E-state index is 13.0. The average Bonchev–Trinajstić information content (AvgIpc) is 2.75. The third kappa shape index (κ3) is 6.24. The minimum Gasteiger partial charge on any atom is -0.394 e. The predicted molar refractivity (Wildman–Crippen MR) is 114 cm³/mol. The lowest BCUT2D eigenvalue weighted by molar-refractivity contribution is -0.0891. The average molecular weight is 471 g/mol. The van der Waals surface area contributed by atoms with Crippen molar-refractivity contribution in [2.24, 2.45) is 0 Å². The quantitative estimate of drug-likeness (QED) is 0.549. The minimum absolute atomic E-state index is 0.0121. The van der Waals surface area contributed by atoms with Gasteiger partial charge in [0.05, 0.1) is 23.8 Å². The van der Waals surface area contributed by atoms with Gasteiger partial charge in [-0.2, -0.15) is 0 Å². The summed E-state index contributed by atoms with van der Waals surface area (Å²) in [5, 5.41) is 12.6. The largest absolute Gasteiger partial charge is 0.394 e. The standard InChI is InChI=1S/C21H24ClFN2O5S/c22-17-3-1-2-4-20(17)31(28,29)24-12-11-16-9-10-18(19(13-26)30-16)25-21(27)14-5-7-15(23)8-6-14/h1-8,16,18-19,24,26H,9-13H2,(H,25,27)/t16-,18+,19-/m0/s1. The van der Waals surface area contributed by atoms with Gasteiger partial charge in [0.1, 0.15) is 16.8 Å². The molecule has 0 unspecified atom stereocenters. The van der Waals surface area contributed by atoms with Crippen molar-refractivity contribution < 1.29 is 27.4 Å². The van der Waals surface area contributed by atoms with Crippen LogP contribution >= 0.6 is 11.6 Å². The summed E-state index contributed by atoms with van der Waals surface area (Å²) < 4.78 is 46.2. The van der Waals surface area contributed by atoms with Gasteiger partial charge in [-0.05, 0) is 55.7 Å². The van der Waals surface area contributed by atoms with Gasteiger partial charge < -0.3 is 15.2 Å². The van der Waals surface area contributed by atoms with Crippen molar-refractivity contribution in [2.75, 3.05) is 13.2 Å². The van der Waals surface area contributed by atoms with Gasteiger partial charge in [0, 0.05) is 12.1 Å². The van der Waals surface area contributed by atoms with Gasteiger partial charge in [0.2, 0.25) is 10.0 Å². The first-order valence-corrected chi connectivity index (χ1v) is 11.7. The van der Waals surface area contributed by atoms with Crippen LogP contribution in [-0.2, 0) is 14.8 Å². The van der Waals surface area contributed by atoms with Gasteiger partial charge in [-0.1, -0.05) is 23.7 Å². The van der Waals surface area contributed by atoms with E-state index in [1.807, 2.05) is 0 Å².